The van der Waals surface area contributed by atoms with Crippen molar-refractivity contribution in [2.24, 2.45) is 5.73 Å². The molecule has 2 amide bonds. The Labute approximate surface area is 150 Å². The molecule has 1 aromatic carbocycles. The van der Waals surface area contributed by atoms with E-state index in [4.69, 9.17) is 22.1 Å². The molecule has 0 aliphatic carbocycles. The zero-order valence-corrected chi connectivity index (χ0v) is 15.6. The number of ether oxygens (including phenoxy) is 1. The lowest BCUT2D eigenvalue weighted by molar-refractivity contribution is -0.118. The van der Waals surface area contributed by atoms with Crippen LogP contribution in [0, 0.1) is 13.8 Å². The van der Waals surface area contributed by atoms with Crippen molar-refractivity contribution in [3.05, 3.63) is 43.7 Å². The maximum Gasteiger partial charge on any atom is 0.262 e. The third-order valence-corrected chi connectivity index (χ3v) is 5.05. The van der Waals surface area contributed by atoms with Gasteiger partial charge in [0.2, 0.25) is 0 Å². The highest BCUT2D eigenvalue weighted by molar-refractivity contribution is 9.10. The van der Waals surface area contributed by atoms with Crippen LogP contribution in [-0.4, -0.2) is 18.4 Å². The van der Waals surface area contributed by atoms with Crippen molar-refractivity contribution in [2.45, 2.75) is 13.8 Å². The summed E-state index contributed by atoms with van der Waals surface area (Å²) in [6.07, 6.45) is 0. The highest BCUT2D eigenvalue weighted by Crippen LogP contribution is 2.32. The van der Waals surface area contributed by atoms with Crippen LogP contribution in [0.4, 0.5) is 5.00 Å². The van der Waals surface area contributed by atoms with Crippen molar-refractivity contribution in [1.29, 1.82) is 0 Å². The van der Waals surface area contributed by atoms with Crippen LogP contribution < -0.4 is 15.8 Å². The first-order chi connectivity index (χ1) is 10.8. The van der Waals surface area contributed by atoms with E-state index < -0.39 is 11.8 Å². The number of nitrogens with two attached hydrogens (primary N) is 1. The highest BCUT2D eigenvalue weighted by Gasteiger charge is 2.19. The molecule has 0 atom stereocenters. The number of anilines is 1. The molecule has 2 rings (SSSR count). The number of carbonyl (C=O) groups is 2. The summed E-state index contributed by atoms with van der Waals surface area (Å²) in [5.74, 6) is -0.564. The van der Waals surface area contributed by atoms with Gasteiger partial charge >= 0.3 is 0 Å². The van der Waals surface area contributed by atoms with E-state index in [0.717, 1.165) is 14.9 Å². The molecule has 0 bridgehead atoms. The zero-order chi connectivity index (χ0) is 17.1. The minimum atomic E-state index is -0.570. The second-order valence-electron chi connectivity index (χ2n) is 4.76. The second-order valence-corrected chi connectivity index (χ2v) is 7.31. The van der Waals surface area contributed by atoms with Crippen molar-refractivity contribution < 1.29 is 14.3 Å². The normalized spacial score (nSPS) is 10.4. The van der Waals surface area contributed by atoms with Gasteiger partial charge in [-0.15, -0.1) is 11.3 Å². The van der Waals surface area contributed by atoms with Gasteiger partial charge in [0.05, 0.1) is 10.6 Å². The van der Waals surface area contributed by atoms with Crippen LogP contribution >= 0.6 is 38.9 Å². The molecule has 0 aliphatic heterocycles. The number of benzene rings is 1. The number of rotatable bonds is 5. The third-order valence-electron chi connectivity index (χ3n) is 3.14. The number of halogens is 2. The van der Waals surface area contributed by atoms with Gasteiger partial charge in [0.15, 0.2) is 6.61 Å². The standard InChI is InChI=1S/C15H14BrClN2O3S/c1-7-8(2)23-15(13(7)14(18)21)19-12(20)6-22-11-4-3-9(16)5-10(11)17/h3-5H,6H2,1-2H3,(H2,18,21)(H,19,20). The van der Waals surface area contributed by atoms with Gasteiger partial charge in [0.1, 0.15) is 10.8 Å². The van der Waals surface area contributed by atoms with Crippen LogP contribution in [0.15, 0.2) is 22.7 Å². The molecule has 8 heteroatoms. The fourth-order valence-corrected chi connectivity index (χ4v) is 3.72. The van der Waals surface area contributed by atoms with Crippen LogP contribution in [0.1, 0.15) is 20.8 Å². The van der Waals surface area contributed by atoms with Gasteiger partial charge in [-0.25, -0.2) is 0 Å². The third kappa shape index (κ3) is 4.25. The predicted octanol–water partition coefficient (Wildman–Crippen LogP) is 3.90. The van der Waals surface area contributed by atoms with Crippen molar-refractivity contribution >= 4 is 55.7 Å². The largest absolute Gasteiger partial charge is 0.482 e. The number of carbonyl (C=O) groups excluding carboxylic acids is 2. The molecule has 0 unspecified atom stereocenters. The number of hydrogen-bond donors (Lipinski definition) is 2. The van der Waals surface area contributed by atoms with E-state index in [-0.39, 0.29) is 6.61 Å². The van der Waals surface area contributed by atoms with E-state index in [0.29, 0.717) is 21.3 Å². The lowest BCUT2D eigenvalue weighted by Crippen LogP contribution is -2.22. The Kier molecular flexibility index (Phi) is 5.67. The van der Waals surface area contributed by atoms with Gasteiger partial charge < -0.3 is 15.8 Å². The smallest absolute Gasteiger partial charge is 0.262 e. The summed E-state index contributed by atoms with van der Waals surface area (Å²) in [4.78, 5) is 24.5. The lowest BCUT2D eigenvalue weighted by Gasteiger charge is -2.09. The SMILES string of the molecule is Cc1sc(NC(=O)COc2ccc(Br)cc2Cl)c(C(N)=O)c1C. The first kappa shape index (κ1) is 17.8. The number of hydrogen-bond acceptors (Lipinski definition) is 4. The maximum atomic E-state index is 12.0. The summed E-state index contributed by atoms with van der Waals surface area (Å²) in [7, 11) is 0. The Morgan fingerprint density at radius 1 is 1.39 bits per heavy atom. The van der Waals surface area contributed by atoms with Crippen LogP contribution in [0.5, 0.6) is 5.75 Å². The molecule has 23 heavy (non-hydrogen) atoms. The van der Waals surface area contributed by atoms with Crippen LogP contribution in [-0.2, 0) is 4.79 Å². The minimum absolute atomic E-state index is 0.227. The summed E-state index contributed by atoms with van der Waals surface area (Å²) < 4.78 is 6.20. The number of thiophene rings is 1. The number of nitrogens with one attached hydrogen (secondary N) is 1. The fraction of sp³-hybridized carbons (Fsp3) is 0.200. The van der Waals surface area contributed by atoms with Crippen LogP contribution in [0.25, 0.3) is 0 Å². The molecule has 1 aromatic heterocycles. The zero-order valence-electron chi connectivity index (χ0n) is 12.4. The van der Waals surface area contributed by atoms with Crippen molar-refractivity contribution in [1.82, 2.24) is 0 Å². The van der Waals surface area contributed by atoms with Crippen molar-refractivity contribution in [3.63, 3.8) is 0 Å². The number of primary amides is 1. The molecule has 0 saturated carbocycles. The summed E-state index contributed by atoms with van der Waals surface area (Å²) in [6, 6.07) is 5.09. The molecule has 0 saturated heterocycles. The molecular weight excluding hydrogens is 404 g/mol. The maximum absolute atomic E-state index is 12.0. The monoisotopic (exact) mass is 416 g/mol. The second kappa shape index (κ2) is 7.33. The minimum Gasteiger partial charge on any atom is -0.482 e. The van der Waals surface area contributed by atoms with Gasteiger partial charge in [0, 0.05) is 9.35 Å². The Bertz CT molecular complexity index is 776. The predicted molar refractivity (Wildman–Crippen MR) is 95.6 cm³/mol. The molecule has 0 radical (unpaired) electrons. The molecule has 0 fully saturated rings. The average molecular weight is 418 g/mol. The highest BCUT2D eigenvalue weighted by atomic mass is 79.9. The van der Waals surface area contributed by atoms with E-state index >= 15 is 0 Å². The molecule has 0 aliphatic rings. The fourth-order valence-electron chi connectivity index (χ4n) is 1.91. The van der Waals surface area contributed by atoms with Crippen molar-refractivity contribution in [3.8, 4) is 5.75 Å². The van der Waals surface area contributed by atoms with E-state index in [1.54, 1.807) is 25.1 Å². The van der Waals surface area contributed by atoms with E-state index in [1.807, 2.05) is 6.92 Å². The molecular formula is C15H14BrClN2O3S. The molecule has 122 valence electrons. The summed E-state index contributed by atoms with van der Waals surface area (Å²) in [5, 5.41) is 3.49. The number of aryl methyl sites for hydroxylation is 1. The summed E-state index contributed by atoms with van der Waals surface area (Å²) in [6.45, 7) is 3.43. The molecule has 2 aromatic rings. The van der Waals surface area contributed by atoms with Crippen LogP contribution in [0.2, 0.25) is 5.02 Å². The van der Waals surface area contributed by atoms with Gasteiger partial charge in [-0.2, -0.15) is 0 Å². The average Bonchev–Trinajstić information content (AvgIpc) is 2.72. The Hall–Kier alpha value is -1.57. The molecule has 1 heterocycles. The topological polar surface area (TPSA) is 81.4 Å². The Morgan fingerprint density at radius 2 is 2.09 bits per heavy atom. The van der Waals surface area contributed by atoms with E-state index in [1.165, 1.54) is 11.3 Å². The van der Waals surface area contributed by atoms with Crippen molar-refractivity contribution in [2.75, 3.05) is 11.9 Å². The molecule has 5 nitrogen and oxygen atoms in total. The number of amides is 2. The summed E-state index contributed by atoms with van der Waals surface area (Å²) >= 11 is 10.6. The van der Waals surface area contributed by atoms with Gasteiger partial charge in [-0.05, 0) is 37.6 Å². The molecule has 0 spiro atoms. The van der Waals surface area contributed by atoms with Gasteiger partial charge in [0.25, 0.3) is 11.8 Å². The Balaban J connectivity index is 2.06. The van der Waals surface area contributed by atoms with E-state index in [9.17, 15) is 9.59 Å². The quantitative estimate of drug-likeness (QED) is 0.774. The first-order valence-electron chi connectivity index (χ1n) is 6.57. The van der Waals surface area contributed by atoms with Gasteiger partial charge in [-0.1, -0.05) is 27.5 Å². The van der Waals surface area contributed by atoms with Crippen LogP contribution in [0.3, 0.4) is 0 Å². The first-order valence-corrected chi connectivity index (χ1v) is 8.55. The Morgan fingerprint density at radius 3 is 2.70 bits per heavy atom. The van der Waals surface area contributed by atoms with Gasteiger partial charge in [-0.3, -0.25) is 9.59 Å². The van der Waals surface area contributed by atoms with E-state index in [2.05, 4.69) is 21.2 Å². The summed E-state index contributed by atoms with van der Waals surface area (Å²) in [5.41, 5.74) is 6.48. The lowest BCUT2D eigenvalue weighted by atomic mass is 10.1. The molecule has 3 N–H and O–H groups in total.